The Labute approximate surface area is 131 Å². The molecule has 0 amide bonds. The Balaban J connectivity index is 4.45. The summed E-state index contributed by atoms with van der Waals surface area (Å²) in [7, 11) is 0. The summed E-state index contributed by atoms with van der Waals surface area (Å²) in [6.07, 6.45) is 5.73. The Morgan fingerprint density at radius 1 is 1.00 bits per heavy atom. The van der Waals surface area contributed by atoms with Gasteiger partial charge >= 0.3 is 17.9 Å². The summed E-state index contributed by atoms with van der Waals surface area (Å²) in [6, 6.07) is 0. The fraction of sp³-hybridized carbons (Fsp3) is 0.562. The summed E-state index contributed by atoms with van der Waals surface area (Å²) in [6.45, 7) is 7.76. The highest BCUT2D eigenvalue weighted by atomic mass is 16.6. The van der Waals surface area contributed by atoms with Crippen LogP contribution in [0.5, 0.6) is 0 Å². The molecular weight excluding hydrogens is 288 g/mol. The van der Waals surface area contributed by atoms with E-state index in [0.717, 1.165) is 0 Å². The molecule has 0 aromatic carbocycles. The van der Waals surface area contributed by atoms with Gasteiger partial charge in [0.1, 0.15) is 12.2 Å². The third kappa shape index (κ3) is 11.7. The standard InChI is InChI=1S/C16H24O6/c1-5-7-15(21-13(3)18)8-6-9-16(22-14(4)19)10-11-20-12(2)17/h5-6,8,15-16H,1,7,9-11H2,2-4H3/b8-6+/t15-,16+/m1/s1. The fourth-order valence-corrected chi connectivity index (χ4v) is 1.72. The van der Waals surface area contributed by atoms with Crippen LogP contribution in [0.1, 0.15) is 40.0 Å². The highest BCUT2D eigenvalue weighted by Gasteiger charge is 2.12. The van der Waals surface area contributed by atoms with E-state index in [1.165, 1.54) is 20.8 Å². The molecule has 0 fully saturated rings. The zero-order valence-electron chi connectivity index (χ0n) is 13.4. The summed E-state index contributed by atoms with van der Waals surface area (Å²) in [5.41, 5.74) is 0. The first-order valence-corrected chi connectivity index (χ1v) is 7.10. The van der Waals surface area contributed by atoms with Crippen LogP contribution in [0.4, 0.5) is 0 Å². The number of esters is 3. The van der Waals surface area contributed by atoms with Gasteiger partial charge in [-0.15, -0.1) is 6.58 Å². The van der Waals surface area contributed by atoms with Gasteiger partial charge in [-0.2, -0.15) is 0 Å². The lowest BCUT2D eigenvalue weighted by molar-refractivity contribution is -0.148. The molecule has 22 heavy (non-hydrogen) atoms. The van der Waals surface area contributed by atoms with Crippen LogP contribution < -0.4 is 0 Å². The lowest BCUT2D eigenvalue weighted by Gasteiger charge is -2.16. The predicted octanol–water partition coefficient (Wildman–Crippen LogP) is 2.33. The maximum atomic E-state index is 11.1. The van der Waals surface area contributed by atoms with Crippen LogP contribution in [0.3, 0.4) is 0 Å². The molecule has 0 radical (unpaired) electrons. The van der Waals surface area contributed by atoms with Crippen LogP contribution in [0.2, 0.25) is 0 Å². The first-order valence-electron chi connectivity index (χ1n) is 7.10. The van der Waals surface area contributed by atoms with Crippen LogP contribution in [-0.2, 0) is 28.6 Å². The van der Waals surface area contributed by atoms with Crippen molar-refractivity contribution < 1.29 is 28.6 Å². The number of ether oxygens (including phenoxy) is 3. The third-order valence-corrected chi connectivity index (χ3v) is 2.54. The van der Waals surface area contributed by atoms with Gasteiger partial charge in [-0.05, 0) is 6.08 Å². The molecule has 0 unspecified atom stereocenters. The van der Waals surface area contributed by atoms with Crippen molar-refractivity contribution in [3.8, 4) is 0 Å². The Morgan fingerprint density at radius 2 is 1.64 bits per heavy atom. The normalized spacial score (nSPS) is 13.2. The third-order valence-electron chi connectivity index (χ3n) is 2.54. The summed E-state index contributed by atoms with van der Waals surface area (Å²) >= 11 is 0. The van der Waals surface area contributed by atoms with E-state index in [-0.39, 0.29) is 24.6 Å². The molecular formula is C16H24O6. The van der Waals surface area contributed by atoms with Crippen molar-refractivity contribution >= 4 is 17.9 Å². The first-order chi connectivity index (χ1) is 10.3. The molecule has 0 N–H and O–H groups in total. The maximum absolute atomic E-state index is 11.1. The molecule has 0 aliphatic rings. The minimum atomic E-state index is -0.399. The van der Waals surface area contributed by atoms with E-state index in [2.05, 4.69) is 6.58 Å². The lowest BCUT2D eigenvalue weighted by atomic mass is 10.1. The van der Waals surface area contributed by atoms with E-state index in [1.54, 1.807) is 18.2 Å². The average Bonchev–Trinajstić information content (AvgIpc) is 2.36. The van der Waals surface area contributed by atoms with Crippen LogP contribution >= 0.6 is 0 Å². The van der Waals surface area contributed by atoms with Gasteiger partial charge in [-0.1, -0.05) is 12.2 Å². The van der Waals surface area contributed by atoms with E-state index in [9.17, 15) is 14.4 Å². The van der Waals surface area contributed by atoms with Gasteiger partial charge in [0.15, 0.2) is 0 Å². The number of hydrogen-bond donors (Lipinski definition) is 0. The number of carbonyl (C=O) groups is 3. The quantitative estimate of drug-likeness (QED) is 0.350. The number of hydrogen-bond acceptors (Lipinski definition) is 6. The second-order valence-corrected chi connectivity index (χ2v) is 4.70. The predicted molar refractivity (Wildman–Crippen MR) is 80.9 cm³/mol. The van der Waals surface area contributed by atoms with Gasteiger partial charge in [-0.25, -0.2) is 0 Å². The largest absolute Gasteiger partial charge is 0.466 e. The summed E-state index contributed by atoms with van der Waals surface area (Å²) in [5.74, 6) is -1.15. The van der Waals surface area contributed by atoms with Crippen LogP contribution in [0.25, 0.3) is 0 Å². The molecule has 124 valence electrons. The minimum Gasteiger partial charge on any atom is -0.466 e. The second-order valence-electron chi connectivity index (χ2n) is 4.70. The van der Waals surface area contributed by atoms with Crippen molar-refractivity contribution in [2.45, 2.75) is 52.2 Å². The van der Waals surface area contributed by atoms with Crippen molar-refractivity contribution in [3.05, 3.63) is 24.8 Å². The number of rotatable bonds is 10. The molecule has 0 aromatic rings. The number of carbonyl (C=O) groups excluding carboxylic acids is 3. The Kier molecular flexibility index (Phi) is 10.4. The highest BCUT2D eigenvalue weighted by Crippen LogP contribution is 2.09. The molecule has 0 spiro atoms. The molecule has 0 saturated carbocycles. The first kappa shape index (κ1) is 19.9. The van der Waals surface area contributed by atoms with Crippen molar-refractivity contribution in [1.29, 1.82) is 0 Å². The van der Waals surface area contributed by atoms with Crippen molar-refractivity contribution in [3.63, 3.8) is 0 Å². The van der Waals surface area contributed by atoms with Gasteiger partial charge in [0.2, 0.25) is 0 Å². The Bertz CT molecular complexity index is 413. The monoisotopic (exact) mass is 312 g/mol. The second kappa shape index (κ2) is 11.5. The SMILES string of the molecule is C=CC[C@H](/C=C/C[C@@H](CCOC(C)=O)OC(C)=O)OC(C)=O. The van der Waals surface area contributed by atoms with Crippen molar-refractivity contribution in [1.82, 2.24) is 0 Å². The summed E-state index contributed by atoms with van der Waals surface area (Å²) in [5, 5.41) is 0. The molecule has 6 nitrogen and oxygen atoms in total. The summed E-state index contributed by atoms with van der Waals surface area (Å²) < 4.78 is 15.1. The molecule has 0 rings (SSSR count). The van der Waals surface area contributed by atoms with E-state index >= 15 is 0 Å². The van der Waals surface area contributed by atoms with Crippen molar-refractivity contribution in [2.24, 2.45) is 0 Å². The zero-order chi connectivity index (χ0) is 17.0. The zero-order valence-corrected chi connectivity index (χ0v) is 13.4. The molecule has 2 atom stereocenters. The molecule has 0 bridgehead atoms. The van der Waals surface area contributed by atoms with Crippen LogP contribution in [0, 0.1) is 0 Å². The maximum Gasteiger partial charge on any atom is 0.303 e. The molecule has 6 heteroatoms. The van der Waals surface area contributed by atoms with E-state index in [4.69, 9.17) is 14.2 Å². The van der Waals surface area contributed by atoms with E-state index in [0.29, 0.717) is 19.3 Å². The van der Waals surface area contributed by atoms with Gasteiger partial charge < -0.3 is 14.2 Å². The molecule has 0 aromatic heterocycles. The van der Waals surface area contributed by atoms with Gasteiger partial charge in [0, 0.05) is 40.0 Å². The Hall–Kier alpha value is -2.11. The topological polar surface area (TPSA) is 78.9 Å². The van der Waals surface area contributed by atoms with Gasteiger partial charge in [0.25, 0.3) is 0 Å². The minimum absolute atomic E-state index is 0.182. The van der Waals surface area contributed by atoms with E-state index in [1.807, 2.05) is 0 Å². The smallest absolute Gasteiger partial charge is 0.303 e. The van der Waals surface area contributed by atoms with Gasteiger partial charge in [0.05, 0.1) is 6.61 Å². The Morgan fingerprint density at radius 3 is 2.14 bits per heavy atom. The van der Waals surface area contributed by atoms with Crippen LogP contribution in [0.15, 0.2) is 24.8 Å². The van der Waals surface area contributed by atoms with Gasteiger partial charge in [-0.3, -0.25) is 14.4 Å². The fourth-order valence-electron chi connectivity index (χ4n) is 1.72. The van der Waals surface area contributed by atoms with Crippen molar-refractivity contribution in [2.75, 3.05) is 6.61 Å². The summed E-state index contributed by atoms with van der Waals surface area (Å²) in [4.78, 5) is 32.8. The molecule has 0 aliphatic carbocycles. The van der Waals surface area contributed by atoms with E-state index < -0.39 is 12.1 Å². The highest BCUT2D eigenvalue weighted by molar-refractivity contribution is 5.67. The molecule has 0 saturated heterocycles. The average molecular weight is 312 g/mol. The van der Waals surface area contributed by atoms with Crippen LogP contribution in [-0.4, -0.2) is 36.7 Å². The lowest BCUT2D eigenvalue weighted by Crippen LogP contribution is -2.19. The molecule has 0 heterocycles. The molecule has 0 aliphatic heterocycles.